The number of rotatable bonds is 3. The van der Waals surface area contributed by atoms with Crippen LogP contribution in [0.15, 0.2) is 34.4 Å². The molecule has 2 rings (SSSR count). The second kappa shape index (κ2) is 5.37. The summed E-state index contributed by atoms with van der Waals surface area (Å²) in [5.74, 6) is -0.849. The fourth-order valence-corrected chi connectivity index (χ4v) is 2.64. The van der Waals surface area contributed by atoms with E-state index >= 15 is 0 Å². The second-order valence-electron chi connectivity index (χ2n) is 3.31. The molecule has 2 aromatic rings. The molecule has 6 heteroatoms. The van der Waals surface area contributed by atoms with Gasteiger partial charge in [0, 0.05) is 20.9 Å². The number of halogens is 2. The predicted molar refractivity (Wildman–Crippen MR) is 67.4 cm³/mol. The minimum atomic E-state index is -0.517. The summed E-state index contributed by atoms with van der Waals surface area (Å²) in [7, 11) is 0. The Morgan fingerprint density at radius 2 is 2.29 bits per heavy atom. The van der Waals surface area contributed by atoms with Crippen molar-refractivity contribution in [2.24, 2.45) is 0 Å². The zero-order valence-corrected chi connectivity index (χ0v) is 11.0. The van der Waals surface area contributed by atoms with Gasteiger partial charge in [-0.05, 0) is 28.1 Å². The summed E-state index contributed by atoms with van der Waals surface area (Å²) in [5, 5.41) is 4.64. The first-order valence-electron chi connectivity index (χ1n) is 4.77. The molecule has 0 aliphatic rings. The van der Waals surface area contributed by atoms with E-state index in [0.29, 0.717) is 6.54 Å². The number of hydrogen-bond acceptors (Lipinski definition) is 3. The van der Waals surface area contributed by atoms with Crippen LogP contribution in [0.3, 0.4) is 0 Å². The van der Waals surface area contributed by atoms with Gasteiger partial charge in [-0.2, -0.15) is 0 Å². The summed E-state index contributed by atoms with van der Waals surface area (Å²) in [6.45, 7) is 0.422. The van der Waals surface area contributed by atoms with E-state index in [-0.39, 0.29) is 11.5 Å². The van der Waals surface area contributed by atoms with E-state index in [2.05, 4.69) is 26.2 Å². The quantitative estimate of drug-likeness (QED) is 0.946. The molecule has 0 saturated carbocycles. The minimum absolute atomic E-state index is 0.223. The third-order valence-electron chi connectivity index (χ3n) is 2.01. The lowest BCUT2D eigenvalue weighted by Crippen LogP contribution is -2.22. The van der Waals surface area contributed by atoms with Crippen molar-refractivity contribution in [2.45, 2.75) is 6.54 Å². The number of carbonyl (C=O) groups excluding carboxylic acids is 1. The van der Waals surface area contributed by atoms with Gasteiger partial charge < -0.3 is 5.32 Å². The zero-order valence-electron chi connectivity index (χ0n) is 8.61. The molecular weight excluding hydrogens is 307 g/mol. The van der Waals surface area contributed by atoms with E-state index in [0.717, 1.165) is 21.6 Å². The molecule has 0 fully saturated rings. The molecule has 1 amide bonds. The number of hydrogen-bond donors (Lipinski definition) is 1. The summed E-state index contributed by atoms with van der Waals surface area (Å²) >= 11 is 4.87. The Morgan fingerprint density at radius 1 is 1.47 bits per heavy atom. The lowest BCUT2D eigenvalue weighted by Gasteiger charge is -2.02. The molecule has 2 heterocycles. The Kier molecular flexibility index (Phi) is 3.86. The molecule has 2 aromatic heterocycles. The van der Waals surface area contributed by atoms with Crippen molar-refractivity contribution in [3.63, 3.8) is 0 Å². The molecular formula is C11H8BrFN2OS. The van der Waals surface area contributed by atoms with Crippen LogP contribution in [0.5, 0.6) is 0 Å². The van der Waals surface area contributed by atoms with E-state index in [1.54, 1.807) is 0 Å². The molecule has 3 nitrogen and oxygen atoms in total. The van der Waals surface area contributed by atoms with Crippen LogP contribution in [0.4, 0.5) is 4.39 Å². The van der Waals surface area contributed by atoms with Crippen molar-refractivity contribution in [3.8, 4) is 0 Å². The van der Waals surface area contributed by atoms with Gasteiger partial charge in [-0.25, -0.2) is 4.39 Å². The Hall–Kier alpha value is -1.27. The number of nitrogens with zero attached hydrogens (tertiary/aromatic N) is 1. The van der Waals surface area contributed by atoms with Gasteiger partial charge in [-0.1, -0.05) is 0 Å². The van der Waals surface area contributed by atoms with Gasteiger partial charge in [0.25, 0.3) is 5.91 Å². The van der Waals surface area contributed by atoms with Gasteiger partial charge in [-0.15, -0.1) is 11.3 Å². The number of nitrogens with one attached hydrogen (secondary N) is 1. The van der Waals surface area contributed by atoms with Gasteiger partial charge in [-0.3, -0.25) is 9.78 Å². The van der Waals surface area contributed by atoms with Crippen LogP contribution < -0.4 is 5.32 Å². The number of pyridine rings is 1. The lowest BCUT2D eigenvalue weighted by molar-refractivity contribution is 0.0950. The van der Waals surface area contributed by atoms with E-state index in [1.165, 1.54) is 17.5 Å². The maximum Gasteiger partial charge on any atom is 0.253 e. The average molecular weight is 315 g/mol. The van der Waals surface area contributed by atoms with E-state index < -0.39 is 5.82 Å². The van der Waals surface area contributed by atoms with Crippen LogP contribution in [0, 0.1) is 5.82 Å². The highest BCUT2D eigenvalue weighted by molar-refractivity contribution is 9.10. The summed E-state index contributed by atoms with van der Waals surface area (Å²) in [6, 6.07) is 3.08. The highest BCUT2D eigenvalue weighted by Gasteiger charge is 2.07. The molecule has 88 valence electrons. The van der Waals surface area contributed by atoms with Crippen molar-refractivity contribution in [3.05, 3.63) is 50.6 Å². The normalized spacial score (nSPS) is 10.2. The van der Waals surface area contributed by atoms with Gasteiger partial charge in [0.05, 0.1) is 18.3 Å². The van der Waals surface area contributed by atoms with Crippen molar-refractivity contribution >= 4 is 33.2 Å². The number of carbonyl (C=O) groups is 1. The highest BCUT2D eigenvalue weighted by Crippen LogP contribution is 2.19. The zero-order chi connectivity index (χ0) is 12.3. The third-order valence-corrected chi connectivity index (χ3v) is 3.71. The molecule has 0 aliphatic heterocycles. The van der Waals surface area contributed by atoms with Gasteiger partial charge in [0.2, 0.25) is 0 Å². The van der Waals surface area contributed by atoms with Gasteiger partial charge in [0.1, 0.15) is 5.82 Å². The summed E-state index contributed by atoms with van der Waals surface area (Å²) < 4.78 is 13.8. The predicted octanol–water partition coefficient (Wildman–Crippen LogP) is 2.97. The summed E-state index contributed by atoms with van der Waals surface area (Å²) in [6.07, 6.45) is 2.40. The number of aromatic nitrogens is 1. The largest absolute Gasteiger partial charge is 0.347 e. The summed E-state index contributed by atoms with van der Waals surface area (Å²) in [5.41, 5.74) is 0.223. The van der Waals surface area contributed by atoms with Crippen LogP contribution in [0.2, 0.25) is 0 Å². The van der Waals surface area contributed by atoms with Crippen molar-refractivity contribution in [2.75, 3.05) is 0 Å². The monoisotopic (exact) mass is 314 g/mol. The molecule has 0 saturated heterocycles. The fourth-order valence-electron chi connectivity index (χ4n) is 1.25. The van der Waals surface area contributed by atoms with Gasteiger partial charge >= 0.3 is 0 Å². The van der Waals surface area contributed by atoms with E-state index in [9.17, 15) is 9.18 Å². The van der Waals surface area contributed by atoms with E-state index in [1.807, 2.05) is 11.4 Å². The smallest absolute Gasteiger partial charge is 0.253 e. The molecule has 0 bridgehead atoms. The highest BCUT2D eigenvalue weighted by atomic mass is 79.9. The first-order valence-corrected chi connectivity index (χ1v) is 6.44. The van der Waals surface area contributed by atoms with Crippen LogP contribution in [0.25, 0.3) is 0 Å². The van der Waals surface area contributed by atoms with Crippen LogP contribution >= 0.6 is 27.3 Å². The van der Waals surface area contributed by atoms with Gasteiger partial charge in [0.15, 0.2) is 0 Å². The first-order chi connectivity index (χ1) is 8.15. The maximum absolute atomic E-state index is 12.8. The van der Waals surface area contributed by atoms with Crippen LogP contribution in [-0.4, -0.2) is 10.9 Å². The van der Waals surface area contributed by atoms with Crippen molar-refractivity contribution in [1.29, 1.82) is 0 Å². The van der Waals surface area contributed by atoms with Crippen molar-refractivity contribution < 1.29 is 9.18 Å². The third kappa shape index (κ3) is 3.34. The fraction of sp³-hybridized carbons (Fsp3) is 0.0909. The Bertz CT molecular complexity index is 544. The molecule has 0 atom stereocenters. The number of amides is 1. The molecule has 17 heavy (non-hydrogen) atoms. The van der Waals surface area contributed by atoms with Crippen LogP contribution in [-0.2, 0) is 6.54 Å². The van der Waals surface area contributed by atoms with Crippen LogP contribution in [0.1, 0.15) is 15.2 Å². The molecule has 0 radical (unpaired) electrons. The molecule has 0 unspecified atom stereocenters. The molecule has 0 aromatic carbocycles. The molecule has 1 N–H and O–H groups in total. The topological polar surface area (TPSA) is 42.0 Å². The second-order valence-corrected chi connectivity index (χ2v) is 5.22. The SMILES string of the molecule is O=C(NCc1cc(Br)cs1)c1cncc(F)c1. The lowest BCUT2D eigenvalue weighted by atomic mass is 10.2. The Balaban J connectivity index is 1.98. The average Bonchev–Trinajstić information content (AvgIpc) is 2.72. The summed E-state index contributed by atoms with van der Waals surface area (Å²) in [4.78, 5) is 16.3. The Morgan fingerprint density at radius 3 is 2.94 bits per heavy atom. The maximum atomic E-state index is 12.8. The van der Waals surface area contributed by atoms with Crippen molar-refractivity contribution in [1.82, 2.24) is 10.3 Å². The minimum Gasteiger partial charge on any atom is -0.347 e. The van der Waals surface area contributed by atoms with E-state index in [4.69, 9.17) is 0 Å². The standard InChI is InChI=1S/C11H8BrFN2OS/c12-8-2-10(17-6-8)5-15-11(16)7-1-9(13)4-14-3-7/h1-4,6H,5H2,(H,15,16). The Labute approximate surface area is 110 Å². The first kappa shape index (κ1) is 12.2. The molecule has 0 spiro atoms. The molecule has 0 aliphatic carbocycles. The number of thiophene rings is 1.